The van der Waals surface area contributed by atoms with Gasteiger partial charge in [0.05, 0.1) is 11.6 Å². The molecule has 0 radical (unpaired) electrons. The number of hydrogen-bond acceptors (Lipinski definition) is 5. The summed E-state index contributed by atoms with van der Waals surface area (Å²) in [5, 5.41) is 11.2. The number of rotatable bonds is 7. The molecule has 1 N–H and O–H groups in total. The molecule has 1 atom stereocenters. The molecule has 0 unspecified atom stereocenters. The molecule has 1 aromatic heterocycles. The average molecular weight is 408 g/mol. The summed E-state index contributed by atoms with van der Waals surface area (Å²) in [6.45, 7) is 10.7. The van der Waals surface area contributed by atoms with Crippen LogP contribution in [0.1, 0.15) is 42.1 Å². The lowest BCUT2D eigenvalue weighted by Crippen LogP contribution is -2.38. The van der Waals surface area contributed by atoms with Gasteiger partial charge in [-0.2, -0.15) is 0 Å². The molecular weight excluding hydrogens is 378 g/mol. The summed E-state index contributed by atoms with van der Waals surface area (Å²) in [6.07, 6.45) is 3.30. The molecule has 1 saturated heterocycles. The topological polar surface area (TPSA) is 73.7 Å². The fraction of sp³-hybridized carbons (Fsp3) is 0.375. The first-order valence-electron chi connectivity index (χ1n) is 10.4. The maximum absolute atomic E-state index is 13.1. The third-order valence-corrected chi connectivity index (χ3v) is 5.74. The molecule has 0 spiro atoms. The molecule has 1 fully saturated rings. The fourth-order valence-corrected chi connectivity index (χ4v) is 3.92. The molecule has 2 aromatic rings. The number of nitrogens with zero attached hydrogens (tertiary/aromatic N) is 3. The zero-order valence-corrected chi connectivity index (χ0v) is 18.1. The van der Waals surface area contributed by atoms with Crippen LogP contribution in [-0.2, 0) is 9.59 Å². The van der Waals surface area contributed by atoms with Crippen LogP contribution in [0.5, 0.6) is 0 Å². The van der Waals surface area contributed by atoms with Crippen LogP contribution in [0.15, 0.2) is 48.3 Å². The molecule has 158 valence electrons. The number of hydrogen-bond donors (Lipinski definition) is 1. The normalized spacial score (nSPS) is 18.4. The lowest BCUT2D eigenvalue weighted by molar-refractivity contribution is -0.140. The van der Waals surface area contributed by atoms with Crippen molar-refractivity contribution in [2.45, 2.75) is 33.7 Å². The Morgan fingerprint density at radius 2 is 1.90 bits per heavy atom. The van der Waals surface area contributed by atoms with Crippen LogP contribution >= 0.6 is 0 Å². The Balaban J connectivity index is 2.12. The maximum Gasteiger partial charge on any atom is 0.295 e. The van der Waals surface area contributed by atoms with E-state index in [-0.39, 0.29) is 11.3 Å². The summed E-state index contributed by atoms with van der Waals surface area (Å²) < 4.78 is 0. The van der Waals surface area contributed by atoms with E-state index < -0.39 is 17.7 Å². The van der Waals surface area contributed by atoms with Gasteiger partial charge in [0.15, 0.2) is 0 Å². The molecule has 6 heteroatoms. The van der Waals surface area contributed by atoms with Crippen molar-refractivity contribution in [3.63, 3.8) is 0 Å². The molecule has 30 heavy (non-hydrogen) atoms. The Morgan fingerprint density at radius 1 is 1.17 bits per heavy atom. The van der Waals surface area contributed by atoms with Crippen molar-refractivity contribution in [3.05, 3.63) is 70.6 Å². The third kappa shape index (κ3) is 4.14. The zero-order valence-electron chi connectivity index (χ0n) is 18.1. The number of benzene rings is 1. The van der Waals surface area contributed by atoms with Gasteiger partial charge < -0.3 is 14.9 Å². The number of pyridine rings is 1. The summed E-state index contributed by atoms with van der Waals surface area (Å²) in [5.41, 5.74) is 3.23. The van der Waals surface area contributed by atoms with Gasteiger partial charge in [0.2, 0.25) is 0 Å². The minimum Gasteiger partial charge on any atom is -0.507 e. The smallest absolute Gasteiger partial charge is 0.295 e. The molecule has 1 aliphatic heterocycles. The molecule has 0 bridgehead atoms. The molecule has 0 saturated carbocycles. The van der Waals surface area contributed by atoms with Crippen molar-refractivity contribution < 1.29 is 14.7 Å². The van der Waals surface area contributed by atoms with Crippen molar-refractivity contribution in [2.24, 2.45) is 0 Å². The number of carbonyl (C=O) groups excluding carboxylic acids is 2. The van der Waals surface area contributed by atoms with Crippen LogP contribution in [0, 0.1) is 13.8 Å². The number of ketones is 1. The van der Waals surface area contributed by atoms with E-state index in [1.165, 1.54) is 0 Å². The summed E-state index contributed by atoms with van der Waals surface area (Å²) in [6, 6.07) is 8.65. The molecule has 1 aliphatic rings. The Labute approximate surface area is 177 Å². The second-order valence-electron chi connectivity index (χ2n) is 7.62. The molecular formula is C24H29N3O3. The van der Waals surface area contributed by atoms with Gasteiger partial charge in [-0.05, 0) is 50.2 Å². The number of Topliss-reactive ketones (excluding diaryl/α,β-unsaturated/α-hetero) is 1. The van der Waals surface area contributed by atoms with Crippen molar-refractivity contribution >= 4 is 17.4 Å². The van der Waals surface area contributed by atoms with Gasteiger partial charge in [-0.3, -0.25) is 14.6 Å². The van der Waals surface area contributed by atoms with Gasteiger partial charge in [-0.25, -0.2) is 0 Å². The largest absolute Gasteiger partial charge is 0.507 e. The summed E-state index contributed by atoms with van der Waals surface area (Å²) in [4.78, 5) is 34.0. The molecule has 1 amide bonds. The second-order valence-corrected chi connectivity index (χ2v) is 7.62. The van der Waals surface area contributed by atoms with Crippen LogP contribution < -0.4 is 0 Å². The molecule has 2 heterocycles. The Morgan fingerprint density at radius 3 is 2.53 bits per heavy atom. The lowest BCUT2D eigenvalue weighted by Gasteiger charge is -2.28. The summed E-state index contributed by atoms with van der Waals surface area (Å²) in [5.74, 6) is -1.36. The average Bonchev–Trinajstić information content (AvgIpc) is 3.01. The van der Waals surface area contributed by atoms with Gasteiger partial charge >= 0.3 is 0 Å². The molecule has 6 nitrogen and oxygen atoms in total. The number of aromatic nitrogens is 1. The first-order chi connectivity index (χ1) is 14.4. The first-order valence-corrected chi connectivity index (χ1v) is 10.4. The second kappa shape index (κ2) is 9.22. The minimum atomic E-state index is -0.658. The highest BCUT2D eigenvalue weighted by Gasteiger charge is 2.46. The van der Waals surface area contributed by atoms with E-state index in [1.54, 1.807) is 23.4 Å². The quantitative estimate of drug-likeness (QED) is 0.432. The monoisotopic (exact) mass is 407 g/mol. The van der Waals surface area contributed by atoms with E-state index in [9.17, 15) is 14.7 Å². The van der Waals surface area contributed by atoms with Gasteiger partial charge in [-0.15, -0.1) is 0 Å². The summed E-state index contributed by atoms with van der Waals surface area (Å²) >= 11 is 0. The van der Waals surface area contributed by atoms with Crippen LogP contribution in [0.2, 0.25) is 0 Å². The number of carbonyl (C=O) groups is 2. The lowest BCUT2D eigenvalue weighted by atomic mass is 9.94. The summed E-state index contributed by atoms with van der Waals surface area (Å²) in [7, 11) is 0. The number of likely N-dealkylation sites (tertiary alicyclic amines) is 1. The standard InChI is InChI=1S/C24H29N3O3/c1-5-26(6-2)12-13-27-21(18-8-7-11-25-15-18)20(23(29)24(27)30)22(28)19-14-16(3)9-10-17(19)4/h7-11,14-15,21,28H,5-6,12-13H2,1-4H3/b22-20+/t21-/m1/s1. The Hall–Kier alpha value is -2.99. The van der Waals surface area contributed by atoms with E-state index in [1.807, 2.05) is 38.1 Å². The highest BCUT2D eigenvalue weighted by atomic mass is 16.3. The fourth-order valence-electron chi connectivity index (χ4n) is 3.92. The number of aryl methyl sites for hydroxylation is 2. The Kier molecular flexibility index (Phi) is 6.67. The van der Waals surface area contributed by atoms with Gasteiger partial charge in [0.25, 0.3) is 11.7 Å². The number of aliphatic hydroxyl groups excluding tert-OH is 1. The molecule has 1 aromatic carbocycles. The highest BCUT2D eigenvalue weighted by Crippen LogP contribution is 2.39. The van der Waals surface area contributed by atoms with Crippen LogP contribution in [0.25, 0.3) is 5.76 Å². The number of aliphatic hydroxyl groups is 1. The van der Waals surface area contributed by atoms with E-state index >= 15 is 0 Å². The molecule has 0 aliphatic carbocycles. The SMILES string of the molecule is CCN(CC)CCN1C(=O)C(=O)/C(=C(/O)c2cc(C)ccc2C)[C@H]1c1cccnc1. The number of amides is 1. The van der Waals surface area contributed by atoms with E-state index in [0.29, 0.717) is 24.2 Å². The van der Waals surface area contributed by atoms with E-state index in [4.69, 9.17) is 0 Å². The van der Waals surface area contributed by atoms with Gasteiger partial charge in [0.1, 0.15) is 5.76 Å². The highest BCUT2D eigenvalue weighted by molar-refractivity contribution is 6.46. The van der Waals surface area contributed by atoms with E-state index in [0.717, 1.165) is 24.2 Å². The van der Waals surface area contributed by atoms with Crippen LogP contribution in [-0.4, -0.2) is 57.8 Å². The predicted octanol–water partition coefficient (Wildman–Crippen LogP) is 3.46. The van der Waals surface area contributed by atoms with Crippen molar-refractivity contribution in [1.29, 1.82) is 0 Å². The maximum atomic E-state index is 13.1. The zero-order chi connectivity index (χ0) is 21.8. The predicted molar refractivity (Wildman–Crippen MR) is 117 cm³/mol. The van der Waals surface area contributed by atoms with Crippen molar-refractivity contribution in [2.75, 3.05) is 26.2 Å². The minimum absolute atomic E-state index is 0.126. The van der Waals surface area contributed by atoms with Gasteiger partial charge in [-0.1, -0.05) is 37.6 Å². The Bertz CT molecular complexity index is 965. The van der Waals surface area contributed by atoms with Crippen molar-refractivity contribution in [3.8, 4) is 0 Å². The van der Waals surface area contributed by atoms with Gasteiger partial charge in [0, 0.05) is 31.0 Å². The van der Waals surface area contributed by atoms with E-state index in [2.05, 4.69) is 23.7 Å². The first kappa shape index (κ1) is 21.7. The van der Waals surface area contributed by atoms with Crippen LogP contribution in [0.4, 0.5) is 0 Å². The third-order valence-electron chi connectivity index (χ3n) is 5.74. The van der Waals surface area contributed by atoms with Crippen molar-refractivity contribution in [1.82, 2.24) is 14.8 Å². The molecule has 3 rings (SSSR count). The number of likely N-dealkylation sites (N-methyl/N-ethyl adjacent to an activating group) is 1. The van der Waals surface area contributed by atoms with Crippen LogP contribution in [0.3, 0.4) is 0 Å².